The van der Waals surface area contributed by atoms with Gasteiger partial charge in [-0.25, -0.2) is 0 Å². The number of benzene rings is 1. The number of nitrogens with zero attached hydrogens (tertiary/aromatic N) is 2. The summed E-state index contributed by atoms with van der Waals surface area (Å²) < 4.78 is 16.3. The van der Waals surface area contributed by atoms with E-state index < -0.39 is 11.8 Å². The highest BCUT2D eigenvalue weighted by Crippen LogP contribution is 2.35. The Labute approximate surface area is 174 Å². The van der Waals surface area contributed by atoms with Gasteiger partial charge < -0.3 is 24.8 Å². The molecule has 4 rings (SSSR count). The number of amides is 2. The molecule has 0 radical (unpaired) electrons. The zero-order valence-electron chi connectivity index (χ0n) is 16.5. The number of aromatic nitrogens is 1. The Balaban J connectivity index is 1.39. The molecule has 158 valence electrons. The summed E-state index contributed by atoms with van der Waals surface area (Å²) in [5.74, 6) is 0.0488. The molecule has 0 spiro atoms. The molecule has 1 saturated heterocycles. The SMILES string of the molecule is O=C(NCc1cccnc1)C(=O)NC[C@H](c1ccc2c(c1)OCO2)N1CCOCC1. The summed E-state index contributed by atoms with van der Waals surface area (Å²) in [6, 6.07) is 9.25. The molecule has 0 unspecified atom stereocenters. The average molecular weight is 412 g/mol. The summed E-state index contributed by atoms with van der Waals surface area (Å²) in [7, 11) is 0. The van der Waals surface area contributed by atoms with Gasteiger partial charge in [0, 0.05) is 38.6 Å². The van der Waals surface area contributed by atoms with E-state index >= 15 is 0 Å². The van der Waals surface area contributed by atoms with Crippen LogP contribution in [0.5, 0.6) is 11.5 Å². The van der Waals surface area contributed by atoms with E-state index in [1.165, 1.54) is 0 Å². The van der Waals surface area contributed by atoms with E-state index in [2.05, 4.69) is 20.5 Å². The van der Waals surface area contributed by atoms with E-state index in [1.54, 1.807) is 18.5 Å². The highest BCUT2D eigenvalue weighted by Gasteiger charge is 2.26. The minimum absolute atomic E-state index is 0.113. The highest BCUT2D eigenvalue weighted by atomic mass is 16.7. The first kappa shape index (κ1) is 20.1. The molecule has 2 aliphatic rings. The fraction of sp³-hybridized carbons (Fsp3) is 0.381. The van der Waals surface area contributed by atoms with Crippen LogP contribution in [0.1, 0.15) is 17.2 Å². The van der Waals surface area contributed by atoms with Crippen LogP contribution in [-0.2, 0) is 20.9 Å². The van der Waals surface area contributed by atoms with Gasteiger partial charge in [0.25, 0.3) is 0 Å². The summed E-state index contributed by atoms with van der Waals surface area (Å²) >= 11 is 0. The average Bonchev–Trinajstić information content (AvgIpc) is 3.27. The maximum absolute atomic E-state index is 12.3. The van der Waals surface area contributed by atoms with Gasteiger partial charge in [0.1, 0.15) is 0 Å². The molecule has 1 atom stereocenters. The lowest BCUT2D eigenvalue weighted by Gasteiger charge is -2.34. The van der Waals surface area contributed by atoms with Crippen LogP contribution in [0, 0.1) is 0 Å². The van der Waals surface area contributed by atoms with Gasteiger partial charge in [-0.3, -0.25) is 19.5 Å². The van der Waals surface area contributed by atoms with Gasteiger partial charge in [-0.2, -0.15) is 0 Å². The van der Waals surface area contributed by atoms with Gasteiger partial charge in [0.2, 0.25) is 6.79 Å². The number of pyridine rings is 1. The first-order chi connectivity index (χ1) is 14.7. The van der Waals surface area contributed by atoms with Gasteiger partial charge >= 0.3 is 11.8 Å². The van der Waals surface area contributed by atoms with E-state index in [9.17, 15) is 9.59 Å². The van der Waals surface area contributed by atoms with Crippen molar-refractivity contribution in [2.75, 3.05) is 39.6 Å². The standard InChI is InChI=1S/C21H24N4O5/c26-20(23-12-15-2-1-5-22-11-15)21(27)24-13-17(25-6-8-28-9-7-25)16-3-4-18-19(10-16)30-14-29-18/h1-5,10-11,17H,6-9,12-14H2,(H,23,26)(H,24,27)/t17-/m1/s1. The second kappa shape index (κ2) is 9.55. The quantitative estimate of drug-likeness (QED) is 0.671. The van der Waals surface area contributed by atoms with Crippen LogP contribution in [0.4, 0.5) is 0 Å². The monoisotopic (exact) mass is 412 g/mol. The fourth-order valence-electron chi connectivity index (χ4n) is 3.50. The van der Waals surface area contributed by atoms with E-state index in [0.29, 0.717) is 31.3 Å². The molecule has 0 aliphatic carbocycles. The van der Waals surface area contributed by atoms with Crippen molar-refractivity contribution in [3.8, 4) is 11.5 Å². The Kier molecular flexibility index (Phi) is 6.41. The molecule has 9 heteroatoms. The molecular weight excluding hydrogens is 388 g/mol. The predicted octanol–water partition coefficient (Wildman–Crippen LogP) is 0.616. The number of carbonyl (C=O) groups is 2. The molecule has 1 aromatic heterocycles. The molecule has 0 bridgehead atoms. The third-order valence-electron chi connectivity index (χ3n) is 5.11. The largest absolute Gasteiger partial charge is 0.454 e. The lowest BCUT2D eigenvalue weighted by atomic mass is 10.0. The summed E-state index contributed by atoms with van der Waals surface area (Å²) in [6.45, 7) is 3.47. The number of rotatable bonds is 6. The zero-order valence-corrected chi connectivity index (χ0v) is 16.5. The van der Waals surface area contributed by atoms with Gasteiger partial charge in [-0.05, 0) is 29.3 Å². The topological polar surface area (TPSA) is 102 Å². The fourth-order valence-corrected chi connectivity index (χ4v) is 3.50. The second-order valence-corrected chi connectivity index (χ2v) is 7.03. The molecule has 2 aliphatic heterocycles. The number of hydrogen-bond donors (Lipinski definition) is 2. The summed E-state index contributed by atoms with van der Waals surface area (Å²) in [5, 5.41) is 5.38. The summed E-state index contributed by atoms with van der Waals surface area (Å²) in [6.07, 6.45) is 3.30. The van der Waals surface area contributed by atoms with Crippen molar-refractivity contribution in [3.63, 3.8) is 0 Å². The third-order valence-corrected chi connectivity index (χ3v) is 5.11. The number of fused-ring (bicyclic) bond motifs is 1. The second-order valence-electron chi connectivity index (χ2n) is 7.03. The molecule has 3 heterocycles. The van der Waals surface area contributed by atoms with Gasteiger partial charge in [0.05, 0.1) is 19.3 Å². The van der Waals surface area contributed by atoms with E-state index in [1.807, 2.05) is 24.3 Å². The Morgan fingerprint density at radius 2 is 1.87 bits per heavy atom. The normalized spacial score (nSPS) is 16.7. The summed E-state index contributed by atoms with van der Waals surface area (Å²) in [5.41, 5.74) is 1.81. The van der Waals surface area contributed by atoms with Crippen molar-refractivity contribution < 1.29 is 23.8 Å². The maximum atomic E-state index is 12.3. The van der Waals surface area contributed by atoms with Crippen molar-refractivity contribution in [1.82, 2.24) is 20.5 Å². The van der Waals surface area contributed by atoms with Crippen LogP contribution in [0.25, 0.3) is 0 Å². The van der Waals surface area contributed by atoms with Gasteiger partial charge in [-0.1, -0.05) is 12.1 Å². The first-order valence-electron chi connectivity index (χ1n) is 9.87. The Morgan fingerprint density at radius 1 is 1.07 bits per heavy atom. The lowest BCUT2D eigenvalue weighted by Crippen LogP contribution is -2.46. The highest BCUT2D eigenvalue weighted by molar-refractivity contribution is 6.35. The maximum Gasteiger partial charge on any atom is 0.309 e. The van der Waals surface area contributed by atoms with Crippen molar-refractivity contribution in [2.24, 2.45) is 0 Å². The number of ether oxygens (including phenoxy) is 3. The number of hydrogen-bond acceptors (Lipinski definition) is 7. The van der Waals surface area contributed by atoms with Gasteiger partial charge in [0.15, 0.2) is 11.5 Å². The van der Waals surface area contributed by atoms with Crippen molar-refractivity contribution in [3.05, 3.63) is 53.9 Å². The molecule has 2 aromatic rings. The van der Waals surface area contributed by atoms with E-state index in [-0.39, 0.29) is 19.4 Å². The van der Waals surface area contributed by atoms with Crippen molar-refractivity contribution in [2.45, 2.75) is 12.6 Å². The van der Waals surface area contributed by atoms with E-state index in [4.69, 9.17) is 14.2 Å². The first-order valence-corrected chi connectivity index (χ1v) is 9.87. The predicted molar refractivity (Wildman–Crippen MR) is 107 cm³/mol. The third kappa shape index (κ3) is 4.87. The van der Waals surface area contributed by atoms with Gasteiger partial charge in [-0.15, -0.1) is 0 Å². The van der Waals surface area contributed by atoms with Crippen LogP contribution >= 0.6 is 0 Å². The number of nitrogens with one attached hydrogen (secondary N) is 2. The van der Waals surface area contributed by atoms with Crippen molar-refractivity contribution in [1.29, 1.82) is 0 Å². The molecule has 0 saturated carbocycles. The van der Waals surface area contributed by atoms with Crippen LogP contribution < -0.4 is 20.1 Å². The minimum atomic E-state index is -0.676. The molecule has 2 amide bonds. The smallest absolute Gasteiger partial charge is 0.309 e. The van der Waals surface area contributed by atoms with Crippen LogP contribution in [0.2, 0.25) is 0 Å². The summed E-state index contributed by atoms with van der Waals surface area (Å²) in [4.78, 5) is 30.7. The Hall–Kier alpha value is -3.17. The number of carbonyl (C=O) groups excluding carboxylic acids is 2. The molecule has 1 fully saturated rings. The molecule has 1 aromatic carbocycles. The van der Waals surface area contributed by atoms with Crippen LogP contribution in [0.3, 0.4) is 0 Å². The lowest BCUT2D eigenvalue weighted by molar-refractivity contribution is -0.139. The Morgan fingerprint density at radius 3 is 2.67 bits per heavy atom. The molecule has 9 nitrogen and oxygen atoms in total. The molecule has 30 heavy (non-hydrogen) atoms. The van der Waals surface area contributed by atoms with Crippen LogP contribution in [-0.4, -0.2) is 61.3 Å². The number of morpholine rings is 1. The van der Waals surface area contributed by atoms with E-state index in [0.717, 1.165) is 24.2 Å². The minimum Gasteiger partial charge on any atom is -0.454 e. The molecular formula is C21H24N4O5. The molecule has 2 N–H and O–H groups in total. The van der Waals surface area contributed by atoms with Crippen LogP contribution in [0.15, 0.2) is 42.7 Å². The van der Waals surface area contributed by atoms with Crippen molar-refractivity contribution >= 4 is 11.8 Å². The zero-order chi connectivity index (χ0) is 20.8. The Bertz CT molecular complexity index is 886.